The molecule has 3 N–H and O–H groups in total. The summed E-state index contributed by atoms with van der Waals surface area (Å²) in [5.74, 6) is -0.905. The van der Waals surface area contributed by atoms with Gasteiger partial charge in [0.2, 0.25) is 0 Å². The first-order chi connectivity index (χ1) is 17.6. The fourth-order valence-electron chi connectivity index (χ4n) is 4.24. The monoisotopic (exact) mass is 502 g/mol. The van der Waals surface area contributed by atoms with E-state index in [9.17, 15) is 14.4 Å². The summed E-state index contributed by atoms with van der Waals surface area (Å²) in [5.41, 5.74) is 11.0. The molecule has 0 radical (unpaired) electrons. The number of hydrogen-bond acceptors (Lipinski definition) is 7. The molecule has 0 fully saturated rings. The lowest BCUT2D eigenvalue weighted by atomic mass is 9.98. The number of carbonyl (C=O) groups is 3. The highest BCUT2D eigenvalue weighted by molar-refractivity contribution is 5.86. The van der Waals surface area contributed by atoms with E-state index in [-0.39, 0.29) is 18.9 Å². The van der Waals surface area contributed by atoms with E-state index in [1.807, 2.05) is 24.3 Å². The van der Waals surface area contributed by atoms with Crippen molar-refractivity contribution in [1.29, 1.82) is 0 Å². The van der Waals surface area contributed by atoms with E-state index in [1.54, 1.807) is 45.0 Å². The minimum Gasteiger partial charge on any atom is -0.448 e. The second kappa shape index (κ2) is 10.8. The van der Waals surface area contributed by atoms with E-state index in [0.717, 1.165) is 27.8 Å². The lowest BCUT2D eigenvalue weighted by Crippen LogP contribution is -2.37. The van der Waals surface area contributed by atoms with E-state index in [1.165, 1.54) is 0 Å². The molecule has 0 spiro atoms. The van der Waals surface area contributed by atoms with Gasteiger partial charge in [0.15, 0.2) is 0 Å². The number of rotatable bonds is 6. The van der Waals surface area contributed by atoms with Crippen molar-refractivity contribution < 1.29 is 28.6 Å². The molecule has 1 aliphatic carbocycles. The molecular formula is C29H30N2O6. The number of nitrogens with two attached hydrogens (primary N) is 1. The van der Waals surface area contributed by atoms with Crippen molar-refractivity contribution in [2.24, 2.45) is 5.73 Å². The number of hydrogen-bond donors (Lipinski definition) is 2. The average molecular weight is 503 g/mol. The molecule has 0 aliphatic heterocycles. The van der Waals surface area contributed by atoms with Crippen LogP contribution in [0.2, 0.25) is 0 Å². The van der Waals surface area contributed by atoms with Crippen molar-refractivity contribution in [3.63, 3.8) is 0 Å². The summed E-state index contributed by atoms with van der Waals surface area (Å²) in [6.45, 7) is 5.21. The zero-order chi connectivity index (χ0) is 26.6. The van der Waals surface area contributed by atoms with Crippen LogP contribution in [0.3, 0.4) is 0 Å². The number of esters is 1. The molecule has 3 aromatic carbocycles. The van der Waals surface area contributed by atoms with Gasteiger partial charge in [0.1, 0.15) is 18.2 Å². The highest BCUT2D eigenvalue weighted by Crippen LogP contribution is 2.44. The predicted octanol–water partition coefficient (Wildman–Crippen LogP) is 5.40. The van der Waals surface area contributed by atoms with Crippen molar-refractivity contribution in [2.45, 2.75) is 44.8 Å². The number of nitrogens with one attached hydrogen (secondary N) is 1. The molecule has 0 aromatic heterocycles. The molecule has 0 saturated carbocycles. The number of amides is 1. The van der Waals surface area contributed by atoms with Gasteiger partial charge in [0, 0.05) is 11.6 Å². The molecule has 0 unspecified atom stereocenters. The molecule has 1 amide bonds. The van der Waals surface area contributed by atoms with Gasteiger partial charge < -0.3 is 19.9 Å². The molecular weight excluding hydrogens is 472 g/mol. The Labute approximate surface area is 215 Å². The third-order valence-corrected chi connectivity index (χ3v) is 5.88. The van der Waals surface area contributed by atoms with Gasteiger partial charge in [0.05, 0.1) is 0 Å². The number of benzene rings is 3. The third-order valence-electron chi connectivity index (χ3n) is 5.88. The van der Waals surface area contributed by atoms with Gasteiger partial charge in [-0.2, -0.15) is 0 Å². The summed E-state index contributed by atoms with van der Waals surface area (Å²) < 4.78 is 15.2. The first-order valence-electron chi connectivity index (χ1n) is 12.0. The molecule has 4 rings (SSSR count). The first kappa shape index (κ1) is 25.9. The van der Waals surface area contributed by atoms with Crippen LogP contribution in [0, 0.1) is 0 Å². The largest absolute Gasteiger partial charge is 0.516 e. The minimum absolute atomic E-state index is 0.0255. The van der Waals surface area contributed by atoms with Crippen molar-refractivity contribution >= 4 is 23.9 Å². The minimum atomic E-state index is -1.09. The van der Waals surface area contributed by atoms with Gasteiger partial charge in [-0.3, -0.25) is 5.32 Å². The summed E-state index contributed by atoms with van der Waals surface area (Å²) >= 11 is 0. The van der Waals surface area contributed by atoms with Gasteiger partial charge in [-0.25, -0.2) is 14.4 Å². The Morgan fingerprint density at radius 2 is 1.46 bits per heavy atom. The van der Waals surface area contributed by atoms with Gasteiger partial charge in [0.25, 0.3) is 0 Å². The second-order valence-electron chi connectivity index (χ2n) is 9.84. The number of carbonyl (C=O) groups excluding carboxylic acids is 3. The van der Waals surface area contributed by atoms with Gasteiger partial charge in [-0.1, -0.05) is 60.7 Å². The number of anilines is 1. The average Bonchev–Trinajstić information content (AvgIpc) is 3.16. The van der Waals surface area contributed by atoms with E-state index in [4.69, 9.17) is 15.2 Å². The van der Waals surface area contributed by atoms with Crippen LogP contribution in [0.1, 0.15) is 43.4 Å². The Morgan fingerprint density at radius 1 is 0.892 bits per heavy atom. The summed E-state index contributed by atoms with van der Waals surface area (Å²) in [5, 5.41) is 2.72. The predicted molar refractivity (Wildman–Crippen MR) is 139 cm³/mol. The zero-order valence-electron chi connectivity index (χ0n) is 21.0. The van der Waals surface area contributed by atoms with Crippen LogP contribution in [-0.4, -0.2) is 36.5 Å². The molecule has 8 heteroatoms. The van der Waals surface area contributed by atoms with Crippen LogP contribution >= 0.6 is 0 Å². The Kier molecular flexibility index (Phi) is 7.59. The van der Waals surface area contributed by atoms with Crippen LogP contribution in [-0.2, 0) is 25.4 Å². The highest BCUT2D eigenvalue weighted by atomic mass is 16.7. The van der Waals surface area contributed by atoms with E-state index >= 15 is 0 Å². The van der Waals surface area contributed by atoms with Crippen molar-refractivity contribution in [3.8, 4) is 11.1 Å². The molecule has 0 bridgehead atoms. The summed E-state index contributed by atoms with van der Waals surface area (Å²) in [7, 11) is 0. The third kappa shape index (κ3) is 6.54. The lowest BCUT2D eigenvalue weighted by molar-refractivity contribution is -0.142. The summed E-state index contributed by atoms with van der Waals surface area (Å²) in [6, 6.07) is 22.0. The molecule has 3 aromatic rings. The summed E-state index contributed by atoms with van der Waals surface area (Å²) in [4.78, 5) is 36.2. The second-order valence-corrected chi connectivity index (χ2v) is 9.84. The lowest BCUT2D eigenvalue weighted by Gasteiger charge is -2.19. The molecule has 0 heterocycles. The standard InChI is InChI=1S/C29H30N2O6/c1-29(2,3)37-28(34)36-26(32)25(30)16-18-12-14-19(15-13-18)31-27(33)35-17-24-22-10-6-4-8-20(22)21-9-5-7-11-23(21)24/h4-15,24-25H,16-17,30H2,1-3H3,(H,31,33)/t25-/m0/s1. The quantitative estimate of drug-likeness (QED) is 0.343. The smallest absolute Gasteiger partial charge is 0.448 e. The molecule has 1 aliphatic rings. The molecule has 1 atom stereocenters. The maximum Gasteiger partial charge on any atom is 0.516 e. The Hall–Kier alpha value is -4.17. The van der Waals surface area contributed by atoms with Crippen molar-refractivity contribution in [2.75, 3.05) is 11.9 Å². The Balaban J connectivity index is 1.28. The van der Waals surface area contributed by atoms with Gasteiger partial charge in [-0.05, 0) is 67.1 Å². The summed E-state index contributed by atoms with van der Waals surface area (Å²) in [6.07, 6.45) is -1.50. The zero-order valence-corrected chi connectivity index (χ0v) is 21.0. The van der Waals surface area contributed by atoms with Gasteiger partial charge in [-0.15, -0.1) is 0 Å². The Bertz CT molecular complexity index is 1250. The van der Waals surface area contributed by atoms with Crippen LogP contribution in [0.15, 0.2) is 72.8 Å². The van der Waals surface area contributed by atoms with Crippen LogP contribution in [0.5, 0.6) is 0 Å². The number of fused-ring (bicyclic) bond motifs is 3. The topological polar surface area (TPSA) is 117 Å². The molecule has 192 valence electrons. The van der Waals surface area contributed by atoms with Crippen LogP contribution in [0.25, 0.3) is 11.1 Å². The molecule has 8 nitrogen and oxygen atoms in total. The van der Waals surface area contributed by atoms with Crippen molar-refractivity contribution in [1.82, 2.24) is 0 Å². The maximum absolute atomic E-state index is 12.5. The van der Waals surface area contributed by atoms with E-state index in [2.05, 4.69) is 34.3 Å². The fourth-order valence-corrected chi connectivity index (χ4v) is 4.24. The van der Waals surface area contributed by atoms with E-state index < -0.39 is 29.9 Å². The molecule has 0 saturated heterocycles. The van der Waals surface area contributed by atoms with Crippen molar-refractivity contribution in [3.05, 3.63) is 89.5 Å². The SMILES string of the molecule is CC(C)(C)OC(=O)OC(=O)[C@@H](N)Cc1ccc(NC(=O)OCC2c3ccccc3-c3ccccc32)cc1. The Morgan fingerprint density at radius 3 is 2.03 bits per heavy atom. The highest BCUT2D eigenvalue weighted by Gasteiger charge is 2.29. The van der Waals surface area contributed by atoms with Gasteiger partial charge >= 0.3 is 18.2 Å². The number of ether oxygens (including phenoxy) is 3. The fraction of sp³-hybridized carbons (Fsp3) is 0.276. The van der Waals surface area contributed by atoms with E-state index in [0.29, 0.717) is 5.69 Å². The van der Waals surface area contributed by atoms with Crippen LogP contribution < -0.4 is 11.1 Å². The normalized spacial score (nSPS) is 13.2. The van der Waals surface area contributed by atoms with Crippen LogP contribution in [0.4, 0.5) is 15.3 Å². The molecule has 37 heavy (non-hydrogen) atoms. The maximum atomic E-state index is 12.5. The first-order valence-corrected chi connectivity index (χ1v) is 12.0.